The highest BCUT2D eigenvalue weighted by Gasteiger charge is 2.52. The van der Waals surface area contributed by atoms with Crippen molar-refractivity contribution in [3.63, 3.8) is 0 Å². The van der Waals surface area contributed by atoms with E-state index in [1.807, 2.05) is 31.2 Å². The van der Waals surface area contributed by atoms with Crippen LogP contribution in [0.15, 0.2) is 45.6 Å². The third-order valence-corrected chi connectivity index (χ3v) is 5.70. The molecule has 142 valence electrons. The number of hydrogen-bond acceptors (Lipinski definition) is 4. The fourth-order valence-electron chi connectivity index (χ4n) is 4.53. The SMILES string of the molecule is Cc1cc(CCCc2ccccc2)oc(=O)c1C(=O)N1CC2(CN(C)C2)C1. The first-order chi connectivity index (χ1) is 13.0. The molecule has 0 aliphatic carbocycles. The van der Waals surface area contributed by atoms with E-state index in [4.69, 9.17) is 4.42 Å². The number of hydrogen-bond donors (Lipinski definition) is 0. The number of benzene rings is 1. The Morgan fingerprint density at radius 2 is 1.81 bits per heavy atom. The molecule has 0 bridgehead atoms. The molecule has 0 saturated carbocycles. The number of aryl methyl sites for hydroxylation is 3. The number of amides is 1. The zero-order chi connectivity index (χ0) is 19.0. The van der Waals surface area contributed by atoms with Crippen molar-refractivity contribution in [1.82, 2.24) is 9.80 Å². The summed E-state index contributed by atoms with van der Waals surface area (Å²) in [4.78, 5) is 29.2. The number of carbonyl (C=O) groups is 1. The molecule has 2 aliphatic rings. The van der Waals surface area contributed by atoms with Gasteiger partial charge in [-0.25, -0.2) is 4.79 Å². The third kappa shape index (κ3) is 3.56. The van der Waals surface area contributed by atoms with E-state index in [-0.39, 0.29) is 16.9 Å². The van der Waals surface area contributed by atoms with E-state index in [9.17, 15) is 9.59 Å². The van der Waals surface area contributed by atoms with Gasteiger partial charge in [0, 0.05) is 38.0 Å². The van der Waals surface area contributed by atoms with Crippen LogP contribution in [0.3, 0.4) is 0 Å². The molecule has 2 fully saturated rings. The highest BCUT2D eigenvalue weighted by atomic mass is 16.4. The number of nitrogens with zero attached hydrogens (tertiary/aromatic N) is 2. The summed E-state index contributed by atoms with van der Waals surface area (Å²) in [6.07, 6.45) is 2.54. The average Bonchev–Trinajstić information content (AvgIpc) is 2.57. The van der Waals surface area contributed by atoms with Gasteiger partial charge in [-0.05, 0) is 44.0 Å². The van der Waals surface area contributed by atoms with E-state index in [0.717, 1.165) is 44.6 Å². The monoisotopic (exact) mass is 366 g/mol. The quantitative estimate of drug-likeness (QED) is 0.816. The van der Waals surface area contributed by atoms with Crippen molar-refractivity contribution in [2.75, 3.05) is 33.2 Å². The van der Waals surface area contributed by atoms with Gasteiger partial charge >= 0.3 is 5.63 Å². The summed E-state index contributed by atoms with van der Waals surface area (Å²) >= 11 is 0. The number of likely N-dealkylation sites (tertiary alicyclic amines) is 2. The summed E-state index contributed by atoms with van der Waals surface area (Å²) in [7, 11) is 2.09. The molecule has 0 radical (unpaired) electrons. The lowest BCUT2D eigenvalue weighted by Gasteiger charge is -2.59. The van der Waals surface area contributed by atoms with Gasteiger partial charge in [-0.1, -0.05) is 30.3 Å². The molecule has 4 rings (SSSR count). The maximum atomic E-state index is 12.7. The van der Waals surface area contributed by atoms with Gasteiger partial charge in [0.05, 0.1) is 0 Å². The molecule has 5 heteroatoms. The Bertz CT molecular complexity index is 890. The normalized spacial score (nSPS) is 18.2. The van der Waals surface area contributed by atoms with Crippen LogP contribution in [0.1, 0.15) is 33.7 Å². The lowest BCUT2D eigenvalue weighted by atomic mass is 9.73. The van der Waals surface area contributed by atoms with E-state index in [1.165, 1.54) is 5.56 Å². The van der Waals surface area contributed by atoms with Crippen LogP contribution in [-0.2, 0) is 12.8 Å². The van der Waals surface area contributed by atoms with E-state index < -0.39 is 5.63 Å². The average molecular weight is 366 g/mol. The van der Waals surface area contributed by atoms with E-state index in [1.54, 1.807) is 4.90 Å². The van der Waals surface area contributed by atoms with Crippen LogP contribution in [0.4, 0.5) is 0 Å². The Kier molecular flexibility index (Phi) is 4.64. The van der Waals surface area contributed by atoms with Crippen LogP contribution < -0.4 is 5.63 Å². The van der Waals surface area contributed by atoms with Crippen molar-refractivity contribution in [1.29, 1.82) is 0 Å². The summed E-state index contributed by atoms with van der Waals surface area (Å²) < 4.78 is 5.47. The smallest absolute Gasteiger partial charge is 0.349 e. The second-order valence-corrected chi connectivity index (χ2v) is 8.23. The molecule has 2 aromatic rings. The summed E-state index contributed by atoms with van der Waals surface area (Å²) in [6.45, 7) is 5.38. The van der Waals surface area contributed by atoms with E-state index in [2.05, 4.69) is 24.1 Å². The minimum absolute atomic E-state index is 0.183. The van der Waals surface area contributed by atoms with Crippen LogP contribution in [0.25, 0.3) is 0 Å². The van der Waals surface area contributed by atoms with Crippen LogP contribution in [0, 0.1) is 12.3 Å². The summed E-state index contributed by atoms with van der Waals surface area (Å²) in [5, 5.41) is 0. The molecular weight excluding hydrogens is 340 g/mol. The Morgan fingerprint density at radius 3 is 2.44 bits per heavy atom. The lowest BCUT2D eigenvalue weighted by molar-refractivity contribution is -0.0873. The van der Waals surface area contributed by atoms with Crippen molar-refractivity contribution >= 4 is 5.91 Å². The van der Waals surface area contributed by atoms with Gasteiger partial charge in [-0.3, -0.25) is 4.79 Å². The zero-order valence-electron chi connectivity index (χ0n) is 16.0. The Morgan fingerprint density at radius 1 is 1.11 bits per heavy atom. The predicted molar refractivity (Wildman–Crippen MR) is 104 cm³/mol. The topological polar surface area (TPSA) is 53.8 Å². The van der Waals surface area contributed by atoms with E-state index in [0.29, 0.717) is 12.2 Å². The fourth-order valence-corrected chi connectivity index (χ4v) is 4.53. The summed E-state index contributed by atoms with van der Waals surface area (Å²) in [6, 6.07) is 12.1. The minimum atomic E-state index is -0.499. The van der Waals surface area contributed by atoms with Crippen molar-refractivity contribution in [2.24, 2.45) is 5.41 Å². The van der Waals surface area contributed by atoms with Gasteiger partial charge in [0.15, 0.2) is 0 Å². The number of carbonyl (C=O) groups excluding carboxylic acids is 1. The molecule has 5 nitrogen and oxygen atoms in total. The van der Waals surface area contributed by atoms with Crippen molar-refractivity contribution in [2.45, 2.75) is 26.2 Å². The standard InChI is InChI=1S/C22H26N2O3/c1-16-11-18(10-6-9-17-7-4-3-5-8-17)27-21(26)19(16)20(25)24-14-22(15-24)12-23(2)13-22/h3-5,7-8,11H,6,9-10,12-15H2,1-2H3. The van der Waals surface area contributed by atoms with Gasteiger partial charge in [0.25, 0.3) is 5.91 Å². The molecule has 1 aromatic carbocycles. The van der Waals surface area contributed by atoms with Gasteiger partial charge in [-0.2, -0.15) is 0 Å². The molecule has 0 unspecified atom stereocenters. The lowest BCUT2D eigenvalue weighted by Crippen LogP contribution is -2.72. The minimum Gasteiger partial charge on any atom is -0.427 e. The summed E-state index contributed by atoms with van der Waals surface area (Å²) in [5.41, 5.74) is 1.95. The molecule has 27 heavy (non-hydrogen) atoms. The van der Waals surface area contributed by atoms with Crippen molar-refractivity contribution in [3.05, 3.63) is 69.3 Å². The second-order valence-electron chi connectivity index (χ2n) is 8.23. The highest BCUT2D eigenvalue weighted by Crippen LogP contribution is 2.39. The molecule has 2 aliphatic heterocycles. The molecular formula is C22H26N2O3. The van der Waals surface area contributed by atoms with Crippen molar-refractivity contribution in [3.8, 4) is 0 Å². The van der Waals surface area contributed by atoms with Crippen LogP contribution in [0.5, 0.6) is 0 Å². The number of rotatable bonds is 5. The molecule has 1 aromatic heterocycles. The molecule has 1 amide bonds. The molecule has 2 saturated heterocycles. The predicted octanol–water partition coefficient (Wildman–Crippen LogP) is 2.51. The molecule has 0 atom stereocenters. The first kappa shape index (κ1) is 18.0. The van der Waals surface area contributed by atoms with Crippen LogP contribution in [-0.4, -0.2) is 48.9 Å². The van der Waals surface area contributed by atoms with Crippen molar-refractivity contribution < 1.29 is 9.21 Å². The molecule has 0 N–H and O–H groups in total. The largest absolute Gasteiger partial charge is 0.427 e. The highest BCUT2D eigenvalue weighted by molar-refractivity contribution is 5.95. The second kappa shape index (κ2) is 6.97. The molecule has 3 heterocycles. The third-order valence-electron chi connectivity index (χ3n) is 5.70. The van der Waals surface area contributed by atoms with Crippen LogP contribution in [0.2, 0.25) is 0 Å². The van der Waals surface area contributed by atoms with Gasteiger partial charge < -0.3 is 14.2 Å². The van der Waals surface area contributed by atoms with Crippen LogP contribution >= 0.6 is 0 Å². The van der Waals surface area contributed by atoms with Gasteiger partial charge in [0.2, 0.25) is 0 Å². The maximum absolute atomic E-state index is 12.7. The van der Waals surface area contributed by atoms with Gasteiger partial charge in [0.1, 0.15) is 11.3 Å². The Hall–Kier alpha value is -2.40. The van der Waals surface area contributed by atoms with Gasteiger partial charge in [-0.15, -0.1) is 0 Å². The zero-order valence-corrected chi connectivity index (χ0v) is 16.0. The Balaban J connectivity index is 1.38. The first-order valence-electron chi connectivity index (χ1n) is 9.61. The first-order valence-corrected chi connectivity index (χ1v) is 9.61. The maximum Gasteiger partial charge on any atom is 0.349 e. The fraction of sp³-hybridized carbons (Fsp3) is 0.455. The Labute approximate surface area is 159 Å². The van der Waals surface area contributed by atoms with E-state index >= 15 is 0 Å². The summed E-state index contributed by atoms with van der Waals surface area (Å²) in [5.74, 6) is 0.475. The molecule has 1 spiro atoms.